The van der Waals surface area contributed by atoms with Gasteiger partial charge in [-0.15, -0.1) is 0 Å². The van der Waals surface area contributed by atoms with E-state index >= 15 is 0 Å². The minimum atomic E-state index is 0.453. The predicted molar refractivity (Wildman–Crippen MR) is 90.3 cm³/mol. The van der Waals surface area contributed by atoms with Crippen LogP contribution in [0.15, 0.2) is 30.3 Å². The van der Waals surface area contributed by atoms with Crippen LogP contribution in [0, 0.1) is 6.92 Å². The number of aryl methyl sites for hydroxylation is 1. The van der Waals surface area contributed by atoms with E-state index in [9.17, 15) is 5.11 Å². The molecule has 2 nitrogen and oxygen atoms in total. The summed E-state index contributed by atoms with van der Waals surface area (Å²) >= 11 is 0. The molecule has 22 heavy (non-hydrogen) atoms. The molecule has 0 unspecified atom stereocenters. The van der Waals surface area contributed by atoms with Gasteiger partial charge in [0.2, 0.25) is 0 Å². The van der Waals surface area contributed by atoms with Crippen molar-refractivity contribution in [2.45, 2.75) is 45.7 Å². The van der Waals surface area contributed by atoms with Crippen LogP contribution in [-0.4, -0.2) is 22.6 Å². The number of hydrogen-bond donors (Lipinski definition) is 1. The molecule has 2 aromatic carbocycles. The van der Waals surface area contributed by atoms with Crippen LogP contribution in [0.2, 0.25) is 0 Å². The molecule has 0 saturated carbocycles. The number of hydrogen-bond acceptors (Lipinski definition) is 2. The molecule has 0 saturated heterocycles. The summed E-state index contributed by atoms with van der Waals surface area (Å²) in [4.78, 5) is 2.62. The molecule has 1 N–H and O–H groups in total. The molecule has 0 radical (unpaired) electrons. The maximum atomic E-state index is 10.6. The first-order valence-electron chi connectivity index (χ1n) is 8.27. The minimum Gasteiger partial charge on any atom is -0.507 e. The molecule has 0 aromatic heterocycles. The Morgan fingerprint density at radius 1 is 1.14 bits per heavy atom. The van der Waals surface area contributed by atoms with E-state index in [1.165, 1.54) is 22.3 Å². The van der Waals surface area contributed by atoms with Gasteiger partial charge in [0.05, 0.1) is 0 Å². The van der Waals surface area contributed by atoms with Crippen molar-refractivity contribution in [3.05, 3.63) is 52.6 Å². The van der Waals surface area contributed by atoms with Crippen LogP contribution < -0.4 is 0 Å². The van der Waals surface area contributed by atoms with Gasteiger partial charge >= 0.3 is 0 Å². The summed E-state index contributed by atoms with van der Waals surface area (Å²) < 4.78 is 0. The summed E-state index contributed by atoms with van der Waals surface area (Å²) in [5.41, 5.74) is 7.48. The Hall–Kier alpha value is -1.80. The van der Waals surface area contributed by atoms with Gasteiger partial charge in [0.15, 0.2) is 0 Å². The molecule has 1 aliphatic carbocycles. The Kier molecular flexibility index (Phi) is 3.05. The second-order valence-corrected chi connectivity index (χ2v) is 6.95. The van der Waals surface area contributed by atoms with E-state index in [1.54, 1.807) is 0 Å². The lowest BCUT2D eigenvalue weighted by Gasteiger charge is -2.43. The Labute approximate surface area is 132 Å². The van der Waals surface area contributed by atoms with Gasteiger partial charge < -0.3 is 5.11 Å². The average Bonchev–Trinajstić information content (AvgIpc) is 2.51. The second-order valence-electron chi connectivity index (χ2n) is 6.95. The van der Waals surface area contributed by atoms with Crippen molar-refractivity contribution in [3.63, 3.8) is 0 Å². The monoisotopic (exact) mass is 293 g/mol. The van der Waals surface area contributed by atoms with Gasteiger partial charge in [0.25, 0.3) is 0 Å². The third-order valence-corrected chi connectivity index (χ3v) is 5.38. The molecule has 0 spiro atoms. The van der Waals surface area contributed by atoms with Gasteiger partial charge in [-0.1, -0.05) is 30.3 Å². The van der Waals surface area contributed by atoms with E-state index in [-0.39, 0.29) is 0 Å². The molecular formula is C20H23NO. The number of phenolic OH excluding ortho intramolecular Hbond substituents is 1. The molecule has 2 aromatic rings. The summed E-state index contributed by atoms with van der Waals surface area (Å²) in [5, 5.41) is 10.6. The Morgan fingerprint density at radius 2 is 1.95 bits per heavy atom. The van der Waals surface area contributed by atoms with Gasteiger partial charge in [0, 0.05) is 24.2 Å². The Morgan fingerprint density at radius 3 is 2.73 bits per heavy atom. The molecule has 0 amide bonds. The molecule has 1 aliphatic heterocycles. The quantitative estimate of drug-likeness (QED) is 0.850. The van der Waals surface area contributed by atoms with Crippen molar-refractivity contribution in [2.24, 2.45) is 0 Å². The zero-order chi connectivity index (χ0) is 15.4. The zero-order valence-corrected chi connectivity index (χ0v) is 13.6. The van der Waals surface area contributed by atoms with Crippen LogP contribution in [0.25, 0.3) is 11.1 Å². The van der Waals surface area contributed by atoms with Crippen molar-refractivity contribution in [2.75, 3.05) is 6.54 Å². The number of phenols is 1. The van der Waals surface area contributed by atoms with Crippen molar-refractivity contribution in [1.82, 2.24) is 4.90 Å². The highest BCUT2D eigenvalue weighted by molar-refractivity contribution is 5.81. The van der Waals surface area contributed by atoms with Gasteiger partial charge in [0.1, 0.15) is 5.75 Å². The fourth-order valence-electron chi connectivity index (χ4n) is 4.27. The number of benzene rings is 2. The van der Waals surface area contributed by atoms with Crippen LogP contribution >= 0.6 is 0 Å². The smallest absolute Gasteiger partial charge is 0.126 e. The molecule has 4 rings (SSSR count). The fourth-order valence-corrected chi connectivity index (χ4v) is 4.27. The van der Waals surface area contributed by atoms with E-state index in [0.29, 0.717) is 17.8 Å². The summed E-state index contributed by atoms with van der Waals surface area (Å²) in [7, 11) is 0. The van der Waals surface area contributed by atoms with E-state index in [0.717, 1.165) is 30.5 Å². The van der Waals surface area contributed by atoms with E-state index in [4.69, 9.17) is 0 Å². The first kappa shape index (κ1) is 13.8. The number of nitrogens with zero attached hydrogens (tertiary/aromatic N) is 1. The van der Waals surface area contributed by atoms with Crippen molar-refractivity contribution < 1.29 is 5.11 Å². The van der Waals surface area contributed by atoms with Crippen LogP contribution in [0.5, 0.6) is 5.75 Å². The molecule has 2 aliphatic rings. The Balaban J connectivity index is 1.99. The largest absolute Gasteiger partial charge is 0.507 e. The maximum absolute atomic E-state index is 10.6. The Bertz CT molecular complexity index is 748. The van der Waals surface area contributed by atoms with E-state index < -0.39 is 0 Å². The SMILES string of the molecule is Cc1ccc2c(c1O)-c1cccc3c1[C@@H](C2)N(C(C)C)CC3. The predicted octanol–water partition coefficient (Wildman–Crippen LogP) is 4.23. The third kappa shape index (κ3) is 1.83. The van der Waals surface area contributed by atoms with Gasteiger partial charge in [-0.25, -0.2) is 0 Å². The van der Waals surface area contributed by atoms with Gasteiger partial charge in [-0.3, -0.25) is 4.90 Å². The minimum absolute atomic E-state index is 0.453. The van der Waals surface area contributed by atoms with Crippen molar-refractivity contribution in [1.29, 1.82) is 0 Å². The maximum Gasteiger partial charge on any atom is 0.126 e. The summed E-state index contributed by atoms with van der Waals surface area (Å²) in [6, 6.07) is 11.8. The molecule has 2 heteroatoms. The first-order chi connectivity index (χ1) is 10.6. The molecule has 1 atom stereocenters. The standard InChI is InChI=1S/C20H23NO/c1-12(2)21-10-9-14-5-4-6-16-18(14)17(21)11-15-8-7-13(3)20(22)19(15)16/h4-8,12,17,22H,9-11H2,1-3H3/t17-/m1/s1. The fraction of sp³-hybridized carbons (Fsp3) is 0.400. The molecular weight excluding hydrogens is 270 g/mol. The first-order valence-corrected chi connectivity index (χ1v) is 8.27. The summed E-state index contributed by atoms with van der Waals surface area (Å²) in [5.74, 6) is 0.464. The second kappa shape index (κ2) is 4.85. The van der Waals surface area contributed by atoms with Crippen molar-refractivity contribution in [3.8, 4) is 16.9 Å². The number of rotatable bonds is 1. The van der Waals surface area contributed by atoms with Crippen LogP contribution in [0.3, 0.4) is 0 Å². The molecule has 114 valence electrons. The number of aromatic hydroxyl groups is 1. The normalized spacial score (nSPS) is 19.9. The van der Waals surface area contributed by atoms with Crippen LogP contribution in [0.1, 0.15) is 42.1 Å². The van der Waals surface area contributed by atoms with Crippen LogP contribution in [-0.2, 0) is 12.8 Å². The van der Waals surface area contributed by atoms with E-state index in [2.05, 4.69) is 43.0 Å². The lowest BCUT2D eigenvalue weighted by Crippen LogP contribution is -2.42. The van der Waals surface area contributed by atoms with Gasteiger partial charge in [-0.05, 0) is 61.4 Å². The molecule has 0 bridgehead atoms. The lowest BCUT2D eigenvalue weighted by molar-refractivity contribution is 0.141. The van der Waals surface area contributed by atoms with Crippen LogP contribution in [0.4, 0.5) is 0 Å². The summed E-state index contributed by atoms with van der Waals surface area (Å²) in [6.07, 6.45) is 2.12. The average molecular weight is 293 g/mol. The highest BCUT2D eigenvalue weighted by Crippen LogP contribution is 2.49. The van der Waals surface area contributed by atoms with E-state index in [1.807, 2.05) is 13.0 Å². The summed E-state index contributed by atoms with van der Waals surface area (Å²) in [6.45, 7) is 7.69. The third-order valence-electron chi connectivity index (χ3n) is 5.38. The molecule has 1 heterocycles. The number of fused-ring (bicyclic) bond motifs is 2. The highest BCUT2D eigenvalue weighted by Gasteiger charge is 2.36. The van der Waals surface area contributed by atoms with Gasteiger partial charge in [-0.2, -0.15) is 0 Å². The topological polar surface area (TPSA) is 23.5 Å². The highest BCUT2D eigenvalue weighted by atomic mass is 16.3. The lowest BCUT2D eigenvalue weighted by atomic mass is 9.76. The zero-order valence-electron chi connectivity index (χ0n) is 13.6. The van der Waals surface area contributed by atoms with Crippen molar-refractivity contribution >= 4 is 0 Å². The molecule has 0 fully saturated rings.